The fourth-order valence-electron chi connectivity index (χ4n) is 3.63. The minimum Gasteiger partial charge on any atom is -0.497 e. The Morgan fingerprint density at radius 3 is 2.33 bits per heavy atom. The molecule has 1 atom stereocenters. The largest absolute Gasteiger partial charge is 0.497 e. The van der Waals surface area contributed by atoms with Crippen LogP contribution in [0.5, 0.6) is 17.2 Å². The molecular weight excluding hydrogens is 388 g/mol. The number of methoxy groups -OCH3 is 2. The molecule has 1 fully saturated rings. The molecule has 0 bridgehead atoms. The first-order valence-corrected chi connectivity index (χ1v) is 9.78. The lowest BCUT2D eigenvalue weighted by molar-refractivity contribution is -0.142. The lowest BCUT2D eigenvalue weighted by Gasteiger charge is -2.37. The Balaban J connectivity index is 1.66. The van der Waals surface area contributed by atoms with Gasteiger partial charge in [-0.1, -0.05) is 12.1 Å². The Labute approximate surface area is 174 Å². The van der Waals surface area contributed by atoms with Gasteiger partial charge in [-0.3, -0.25) is 9.59 Å². The molecule has 0 N–H and O–H groups in total. The van der Waals surface area contributed by atoms with Crippen molar-refractivity contribution < 1.29 is 28.5 Å². The monoisotopic (exact) mass is 412 g/mol. The Bertz CT molecular complexity index is 919. The van der Waals surface area contributed by atoms with Gasteiger partial charge in [0.05, 0.1) is 39.7 Å². The minimum absolute atomic E-state index is 0.117. The standard InChI is InChI=1S/C22H24N2O6/c1-27-16-11-15(12-17(13-16)28-2)21(25)24-14-20(22(26)23-7-9-29-10-8-23)30-19-6-4-3-5-18(19)24/h3-6,11-13,20H,7-10,14H2,1-2H3. The number of carbonyl (C=O) groups is 2. The van der Waals surface area contributed by atoms with E-state index in [1.807, 2.05) is 12.1 Å². The number of fused-ring (bicyclic) bond motifs is 1. The van der Waals surface area contributed by atoms with Crippen LogP contribution in [-0.4, -0.2) is 69.9 Å². The van der Waals surface area contributed by atoms with E-state index in [0.29, 0.717) is 54.8 Å². The summed E-state index contributed by atoms with van der Waals surface area (Å²) in [7, 11) is 3.06. The number of benzene rings is 2. The van der Waals surface area contributed by atoms with Crippen LogP contribution in [0, 0.1) is 0 Å². The molecule has 8 heteroatoms. The highest BCUT2D eigenvalue weighted by Crippen LogP contribution is 2.35. The molecule has 1 unspecified atom stereocenters. The van der Waals surface area contributed by atoms with E-state index in [1.165, 1.54) is 14.2 Å². The molecule has 1 saturated heterocycles. The van der Waals surface area contributed by atoms with Gasteiger partial charge in [0.2, 0.25) is 0 Å². The van der Waals surface area contributed by atoms with Crippen molar-refractivity contribution in [2.75, 3.05) is 52.0 Å². The second-order valence-corrected chi connectivity index (χ2v) is 7.03. The average Bonchev–Trinajstić information content (AvgIpc) is 2.82. The van der Waals surface area contributed by atoms with Crippen molar-refractivity contribution in [1.82, 2.24) is 4.90 Å². The third kappa shape index (κ3) is 3.91. The third-order valence-corrected chi connectivity index (χ3v) is 5.22. The Morgan fingerprint density at radius 1 is 1.00 bits per heavy atom. The van der Waals surface area contributed by atoms with Crippen LogP contribution in [-0.2, 0) is 9.53 Å². The highest BCUT2D eigenvalue weighted by molar-refractivity contribution is 6.08. The van der Waals surface area contributed by atoms with Gasteiger partial charge in [0.15, 0.2) is 6.10 Å². The minimum atomic E-state index is -0.783. The lowest BCUT2D eigenvalue weighted by atomic mass is 10.1. The first-order valence-electron chi connectivity index (χ1n) is 9.78. The van der Waals surface area contributed by atoms with Crippen molar-refractivity contribution >= 4 is 17.5 Å². The van der Waals surface area contributed by atoms with Crippen LogP contribution in [0.25, 0.3) is 0 Å². The predicted molar refractivity (Wildman–Crippen MR) is 109 cm³/mol. The molecule has 0 saturated carbocycles. The number of morpholine rings is 1. The summed E-state index contributed by atoms with van der Waals surface area (Å²) in [6.45, 7) is 2.15. The van der Waals surface area contributed by atoms with Crippen LogP contribution >= 0.6 is 0 Å². The van der Waals surface area contributed by atoms with Crippen LogP contribution in [0.2, 0.25) is 0 Å². The first-order chi connectivity index (χ1) is 14.6. The van der Waals surface area contributed by atoms with Crippen molar-refractivity contribution in [2.24, 2.45) is 0 Å². The molecule has 2 heterocycles. The molecule has 2 aromatic carbocycles. The second kappa shape index (κ2) is 8.62. The third-order valence-electron chi connectivity index (χ3n) is 5.22. The maximum Gasteiger partial charge on any atom is 0.265 e. The molecule has 158 valence electrons. The fraction of sp³-hybridized carbons (Fsp3) is 0.364. The average molecular weight is 412 g/mol. The Kier molecular flexibility index (Phi) is 5.76. The molecule has 0 radical (unpaired) electrons. The maximum atomic E-state index is 13.5. The van der Waals surface area contributed by atoms with Gasteiger partial charge in [-0.2, -0.15) is 0 Å². The zero-order valence-corrected chi connectivity index (χ0v) is 17.0. The number of nitrogens with zero attached hydrogens (tertiary/aromatic N) is 2. The summed E-state index contributed by atoms with van der Waals surface area (Å²) in [6.07, 6.45) is -0.783. The van der Waals surface area contributed by atoms with Crippen LogP contribution in [0.4, 0.5) is 5.69 Å². The number of carbonyl (C=O) groups excluding carboxylic acids is 2. The lowest BCUT2D eigenvalue weighted by Crippen LogP contribution is -2.54. The highest BCUT2D eigenvalue weighted by atomic mass is 16.5. The number of ether oxygens (including phenoxy) is 4. The Hall–Kier alpha value is -3.26. The van der Waals surface area contributed by atoms with Crippen molar-refractivity contribution in [3.05, 3.63) is 48.0 Å². The van der Waals surface area contributed by atoms with Crippen molar-refractivity contribution in [3.63, 3.8) is 0 Å². The molecule has 2 aliphatic rings. The van der Waals surface area contributed by atoms with E-state index in [1.54, 1.807) is 40.1 Å². The zero-order valence-electron chi connectivity index (χ0n) is 17.0. The van der Waals surface area contributed by atoms with E-state index in [0.717, 1.165) is 0 Å². The summed E-state index contributed by atoms with van der Waals surface area (Å²) < 4.78 is 21.9. The Morgan fingerprint density at radius 2 is 1.67 bits per heavy atom. The van der Waals surface area contributed by atoms with Crippen molar-refractivity contribution in [2.45, 2.75) is 6.10 Å². The van der Waals surface area contributed by atoms with E-state index in [4.69, 9.17) is 18.9 Å². The predicted octanol–water partition coefficient (Wildman–Crippen LogP) is 1.97. The summed E-state index contributed by atoms with van der Waals surface area (Å²) in [5, 5.41) is 0. The summed E-state index contributed by atoms with van der Waals surface area (Å²) in [5.74, 6) is 1.12. The van der Waals surface area contributed by atoms with Gasteiger partial charge in [0.25, 0.3) is 11.8 Å². The zero-order chi connectivity index (χ0) is 21.1. The molecule has 2 amide bonds. The van der Waals surface area contributed by atoms with Gasteiger partial charge in [-0.25, -0.2) is 0 Å². The quantitative estimate of drug-likeness (QED) is 0.764. The van der Waals surface area contributed by atoms with E-state index >= 15 is 0 Å². The number of amides is 2. The van der Waals surface area contributed by atoms with E-state index in [9.17, 15) is 9.59 Å². The normalized spacial score (nSPS) is 18.3. The molecule has 0 aromatic heterocycles. The summed E-state index contributed by atoms with van der Waals surface area (Å²) in [5.41, 5.74) is 1.02. The summed E-state index contributed by atoms with van der Waals surface area (Å²) in [4.78, 5) is 29.8. The van der Waals surface area contributed by atoms with Gasteiger partial charge < -0.3 is 28.7 Å². The number of para-hydroxylation sites is 2. The van der Waals surface area contributed by atoms with Crippen molar-refractivity contribution in [1.29, 1.82) is 0 Å². The van der Waals surface area contributed by atoms with Crippen LogP contribution < -0.4 is 19.1 Å². The number of anilines is 1. The summed E-state index contributed by atoms with van der Waals surface area (Å²) in [6, 6.07) is 12.2. The van der Waals surface area contributed by atoms with E-state index in [-0.39, 0.29) is 18.4 Å². The number of hydrogen-bond acceptors (Lipinski definition) is 6. The topological polar surface area (TPSA) is 77.5 Å². The maximum absolute atomic E-state index is 13.5. The molecule has 0 spiro atoms. The number of rotatable bonds is 4. The van der Waals surface area contributed by atoms with Gasteiger partial charge in [-0.05, 0) is 24.3 Å². The molecule has 0 aliphatic carbocycles. The molecule has 2 aliphatic heterocycles. The molecule has 4 rings (SSSR count). The second-order valence-electron chi connectivity index (χ2n) is 7.03. The van der Waals surface area contributed by atoms with Crippen LogP contribution in [0.1, 0.15) is 10.4 Å². The first kappa shape index (κ1) is 20.0. The van der Waals surface area contributed by atoms with Crippen molar-refractivity contribution in [3.8, 4) is 17.2 Å². The SMILES string of the molecule is COc1cc(OC)cc(C(=O)N2CC(C(=O)N3CCOCC3)Oc3ccccc32)c1. The van der Waals surface area contributed by atoms with Crippen LogP contribution in [0.3, 0.4) is 0 Å². The van der Waals surface area contributed by atoms with Gasteiger partial charge in [0, 0.05) is 24.7 Å². The van der Waals surface area contributed by atoms with Crippen LogP contribution in [0.15, 0.2) is 42.5 Å². The molecule has 30 heavy (non-hydrogen) atoms. The molecular formula is C22H24N2O6. The number of hydrogen-bond donors (Lipinski definition) is 0. The smallest absolute Gasteiger partial charge is 0.265 e. The fourth-order valence-corrected chi connectivity index (χ4v) is 3.63. The molecule has 2 aromatic rings. The highest BCUT2D eigenvalue weighted by Gasteiger charge is 2.36. The van der Waals surface area contributed by atoms with Gasteiger partial charge in [0.1, 0.15) is 17.2 Å². The van der Waals surface area contributed by atoms with Gasteiger partial charge >= 0.3 is 0 Å². The van der Waals surface area contributed by atoms with E-state index < -0.39 is 6.10 Å². The molecule has 8 nitrogen and oxygen atoms in total. The summed E-state index contributed by atoms with van der Waals surface area (Å²) >= 11 is 0. The van der Waals surface area contributed by atoms with E-state index in [2.05, 4.69) is 0 Å². The van der Waals surface area contributed by atoms with Gasteiger partial charge in [-0.15, -0.1) is 0 Å².